The second kappa shape index (κ2) is 7.04. The third-order valence-corrected chi connectivity index (χ3v) is 4.11. The van der Waals surface area contributed by atoms with Crippen molar-refractivity contribution < 1.29 is 9.84 Å². The summed E-state index contributed by atoms with van der Waals surface area (Å²) >= 11 is 1.80. The molecule has 0 aromatic heterocycles. The lowest BCUT2D eigenvalue weighted by Crippen LogP contribution is -2.32. The van der Waals surface area contributed by atoms with Gasteiger partial charge in [0.1, 0.15) is 0 Å². The van der Waals surface area contributed by atoms with Gasteiger partial charge in [-0.15, -0.1) is 11.8 Å². The van der Waals surface area contributed by atoms with Crippen LogP contribution in [0.25, 0.3) is 0 Å². The molecular formula is C14H20O2S. The van der Waals surface area contributed by atoms with E-state index in [1.165, 1.54) is 11.3 Å². The average Bonchev–Trinajstić information content (AvgIpc) is 2.41. The molecular weight excluding hydrogens is 232 g/mol. The number of hydrogen-bond donors (Lipinski definition) is 1. The largest absolute Gasteiger partial charge is 0.390 e. The molecule has 1 heterocycles. The topological polar surface area (TPSA) is 29.5 Å². The summed E-state index contributed by atoms with van der Waals surface area (Å²) in [4.78, 5) is 1.27. The van der Waals surface area contributed by atoms with Crippen LogP contribution in [0.15, 0.2) is 35.2 Å². The first-order valence-electron chi connectivity index (χ1n) is 6.34. The van der Waals surface area contributed by atoms with Gasteiger partial charge in [-0.3, -0.25) is 0 Å². The van der Waals surface area contributed by atoms with Gasteiger partial charge in [0.15, 0.2) is 0 Å². The first-order valence-corrected chi connectivity index (χ1v) is 7.32. The lowest BCUT2D eigenvalue weighted by atomic mass is 10.0. The molecule has 1 aliphatic rings. The van der Waals surface area contributed by atoms with E-state index in [2.05, 4.69) is 12.1 Å². The number of hydrogen-bond acceptors (Lipinski definition) is 3. The maximum absolute atomic E-state index is 10.0. The molecule has 2 nitrogen and oxygen atoms in total. The number of thioether (sulfide) groups is 1. The van der Waals surface area contributed by atoms with Gasteiger partial charge in [0.25, 0.3) is 0 Å². The summed E-state index contributed by atoms with van der Waals surface area (Å²) in [7, 11) is 0. The fraction of sp³-hybridized carbons (Fsp3) is 0.571. The smallest absolute Gasteiger partial charge is 0.0834 e. The van der Waals surface area contributed by atoms with Crippen molar-refractivity contribution in [1.82, 2.24) is 0 Å². The van der Waals surface area contributed by atoms with Crippen LogP contribution < -0.4 is 0 Å². The van der Waals surface area contributed by atoms with Crippen molar-refractivity contribution in [1.29, 1.82) is 0 Å². The SMILES string of the molecule is O[C@H](CCSc1ccccc1)[C@H]1CCCCO1. The fourth-order valence-electron chi connectivity index (χ4n) is 2.07. The zero-order valence-electron chi connectivity index (χ0n) is 10.0. The number of aliphatic hydroxyl groups excluding tert-OH is 1. The Balaban J connectivity index is 1.67. The highest BCUT2D eigenvalue weighted by molar-refractivity contribution is 7.99. The van der Waals surface area contributed by atoms with E-state index < -0.39 is 0 Å². The Bertz CT molecular complexity index is 309. The third kappa shape index (κ3) is 4.34. The number of ether oxygens (including phenoxy) is 1. The van der Waals surface area contributed by atoms with Crippen LogP contribution in [0.2, 0.25) is 0 Å². The minimum absolute atomic E-state index is 0.0696. The molecule has 3 heteroatoms. The Kier molecular flexibility index (Phi) is 5.36. The molecule has 0 saturated carbocycles. The molecule has 0 radical (unpaired) electrons. The summed E-state index contributed by atoms with van der Waals surface area (Å²) in [6, 6.07) is 10.3. The van der Waals surface area contributed by atoms with Gasteiger partial charge >= 0.3 is 0 Å². The van der Waals surface area contributed by atoms with Crippen molar-refractivity contribution in [2.24, 2.45) is 0 Å². The van der Waals surface area contributed by atoms with E-state index in [9.17, 15) is 5.11 Å². The number of benzene rings is 1. The highest BCUT2D eigenvalue weighted by Crippen LogP contribution is 2.22. The van der Waals surface area contributed by atoms with Crippen molar-refractivity contribution in [3.8, 4) is 0 Å². The summed E-state index contributed by atoms with van der Waals surface area (Å²) < 4.78 is 5.58. The second-order valence-corrected chi connectivity index (χ2v) is 5.59. The molecule has 0 spiro atoms. The van der Waals surface area contributed by atoms with Crippen molar-refractivity contribution in [2.75, 3.05) is 12.4 Å². The zero-order chi connectivity index (χ0) is 11.9. The quantitative estimate of drug-likeness (QED) is 0.817. The van der Waals surface area contributed by atoms with Crippen LogP contribution in [0.1, 0.15) is 25.7 Å². The molecule has 1 fully saturated rings. The van der Waals surface area contributed by atoms with Gasteiger partial charge in [-0.25, -0.2) is 0 Å². The van der Waals surface area contributed by atoms with E-state index in [4.69, 9.17) is 4.74 Å². The summed E-state index contributed by atoms with van der Waals surface area (Å²) in [5.74, 6) is 0.949. The molecule has 1 aromatic rings. The fourth-order valence-corrected chi connectivity index (χ4v) is 3.01. The first kappa shape index (κ1) is 12.9. The van der Waals surface area contributed by atoms with Crippen LogP contribution >= 0.6 is 11.8 Å². The van der Waals surface area contributed by atoms with E-state index in [1.807, 2.05) is 18.2 Å². The van der Waals surface area contributed by atoms with Crippen LogP contribution in [0.5, 0.6) is 0 Å². The van der Waals surface area contributed by atoms with Crippen LogP contribution in [0.3, 0.4) is 0 Å². The maximum Gasteiger partial charge on any atom is 0.0834 e. The highest BCUT2D eigenvalue weighted by Gasteiger charge is 2.21. The molecule has 1 aromatic carbocycles. The predicted octanol–water partition coefficient (Wildman–Crippen LogP) is 3.10. The Morgan fingerprint density at radius 3 is 2.82 bits per heavy atom. The molecule has 1 aliphatic heterocycles. The first-order chi connectivity index (χ1) is 8.36. The Morgan fingerprint density at radius 1 is 1.29 bits per heavy atom. The molecule has 1 N–H and O–H groups in total. The van der Waals surface area contributed by atoms with Crippen molar-refractivity contribution in [2.45, 2.75) is 42.8 Å². The maximum atomic E-state index is 10.0. The number of aliphatic hydroxyl groups is 1. The van der Waals surface area contributed by atoms with Gasteiger partial charge in [-0.1, -0.05) is 18.2 Å². The molecule has 0 bridgehead atoms. The molecule has 17 heavy (non-hydrogen) atoms. The standard InChI is InChI=1S/C14H20O2S/c15-13(14-8-4-5-10-16-14)9-11-17-12-6-2-1-3-7-12/h1-3,6-7,13-15H,4-5,8-11H2/t13-,14-/m1/s1. The summed E-state index contributed by atoms with van der Waals surface area (Å²) in [5.41, 5.74) is 0. The zero-order valence-corrected chi connectivity index (χ0v) is 10.9. The lowest BCUT2D eigenvalue weighted by molar-refractivity contribution is -0.0621. The Hall–Kier alpha value is -0.510. The van der Waals surface area contributed by atoms with Crippen LogP contribution in [-0.2, 0) is 4.74 Å². The summed E-state index contributed by atoms with van der Waals surface area (Å²) in [6.45, 7) is 0.813. The van der Waals surface area contributed by atoms with Gasteiger partial charge < -0.3 is 9.84 Å². The van der Waals surface area contributed by atoms with Crippen LogP contribution in [0.4, 0.5) is 0 Å². The molecule has 0 amide bonds. The number of rotatable bonds is 5. The molecule has 2 atom stereocenters. The monoisotopic (exact) mass is 252 g/mol. The summed E-state index contributed by atoms with van der Waals surface area (Å²) in [5, 5.41) is 10.0. The van der Waals surface area contributed by atoms with Crippen LogP contribution in [0, 0.1) is 0 Å². The Labute approximate surface area is 107 Å². The normalized spacial score (nSPS) is 22.3. The van der Waals surface area contributed by atoms with Crippen molar-refractivity contribution >= 4 is 11.8 Å². The second-order valence-electron chi connectivity index (χ2n) is 4.42. The molecule has 0 unspecified atom stereocenters. The van der Waals surface area contributed by atoms with Crippen molar-refractivity contribution in [3.63, 3.8) is 0 Å². The van der Waals surface area contributed by atoms with Gasteiger partial charge in [0.2, 0.25) is 0 Å². The van der Waals surface area contributed by atoms with E-state index >= 15 is 0 Å². The Morgan fingerprint density at radius 2 is 2.12 bits per heavy atom. The molecule has 2 rings (SSSR count). The third-order valence-electron chi connectivity index (χ3n) is 3.07. The molecule has 1 saturated heterocycles. The van der Waals surface area contributed by atoms with E-state index in [0.717, 1.165) is 31.6 Å². The molecule has 0 aliphatic carbocycles. The minimum Gasteiger partial charge on any atom is -0.390 e. The van der Waals surface area contributed by atoms with E-state index in [1.54, 1.807) is 11.8 Å². The van der Waals surface area contributed by atoms with E-state index in [-0.39, 0.29) is 12.2 Å². The molecule has 94 valence electrons. The van der Waals surface area contributed by atoms with Gasteiger partial charge in [-0.2, -0.15) is 0 Å². The predicted molar refractivity (Wildman–Crippen MR) is 71.4 cm³/mol. The van der Waals surface area contributed by atoms with Gasteiger partial charge in [0.05, 0.1) is 12.2 Å². The van der Waals surface area contributed by atoms with E-state index in [0.29, 0.717) is 0 Å². The minimum atomic E-state index is -0.300. The lowest BCUT2D eigenvalue weighted by Gasteiger charge is -2.26. The van der Waals surface area contributed by atoms with Gasteiger partial charge in [-0.05, 0) is 37.8 Å². The van der Waals surface area contributed by atoms with Crippen molar-refractivity contribution in [3.05, 3.63) is 30.3 Å². The summed E-state index contributed by atoms with van der Waals surface area (Å²) in [6.07, 6.45) is 3.92. The van der Waals surface area contributed by atoms with Crippen LogP contribution in [-0.4, -0.2) is 29.7 Å². The average molecular weight is 252 g/mol. The van der Waals surface area contributed by atoms with Gasteiger partial charge in [0, 0.05) is 17.3 Å². The highest BCUT2D eigenvalue weighted by atomic mass is 32.2.